The van der Waals surface area contributed by atoms with E-state index in [9.17, 15) is 4.79 Å². The van der Waals surface area contributed by atoms with Crippen LogP contribution in [0, 0.1) is 6.92 Å². The minimum atomic E-state index is -0.363. The molecule has 8 nitrogen and oxygen atoms in total. The van der Waals surface area contributed by atoms with Crippen LogP contribution in [-0.2, 0) is 0 Å². The molecule has 25 heavy (non-hydrogen) atoms. The van der Waals surface area contributed by atoms with Crippen molar-refractivity contribution in [2.45, 2.75) is 13.8 Å². The Hall–Kier alpha value is -3.07. The van der Waals surface area contributed by atoms with Crippen molar-refractivity contribution >= 4 is 28.3 Å². The first-order valence-electron chi connectivity index (χ1n) is 7.54. The Labute approximate surface area is 148 Å². The smallest absolute Gasteiger partial charge is 0.260 e. The predicted molar refractivity (Wildman–Crippen MR) is 95.6 cm³/mol. The molecule has 0 saturated carbocycles. The summed E-state index contributed by atoms with van der Waals surface area (Å²) >= 11 is 1.26. The second-order valence-corrected chi connectivity index (χ2v) is 6.00. The van der Waals surface area contributed by atoms with Crippen molar-refractivity contribution in [1.82, 2.24) is 20.2 Å². The lowest BCUT2D eigenvalue weighted by atomic mass is 10.2. The predicted octanol–water partition coefficient (Wildman–Crippen LogP) is 2.54. The molecule has 0 fully saturated rings. The third-order valence-electron chi connectivity index (χ3n) is 3.31. The summed E-state index contributed by atoms with van der Waals surface area (Å²) in [5, 5.41) is 11.9. The Bertz CT molecular complexity index is 911. The molecule has 0 aliphatic carbocycles. The van der Waals surface area contributed by atoms with E-state index in [2.05, 4.69) is 25.5 Å². The third kappa shape index (κ3) is 3.72. The van der Waals surface area contributed by atoms with Crippen LogP contribution in [0.25, 0.3) is 10.6 Å². The molecule has 0 atom stereocenters. The molecule has 2 heterocycles. The van der Waals surface area contributed by atoms with Crippen molar-refractivity contribution in [3.63, 3.8) is 0 Å². The van der Waals surface area contributed by atoms with Crippen molar-refractivity contribution in [2.24, 2.45) is 0 Å². The van der Waals surface area contributed by atoms with Crippen molar-refractivity contribution in [3.8, 4) is 16.3 Å². The van der Waals surface area contributed by atoms with Crippen LogP contribution in [-0.4, -0.2) is 32.7 Å². The number of nitrogens with two attached hydrogens (primary N) is 1. The van der Waals surface area contributed by atoms with Crippen LogP contribution < -0.4 is 15.8 Å². The fourth-order valence-corrected chi connectivity index (χ4v) is 2.95. The standard InChI is InChI=1S/C16H16N6O2S/c1-3-24-12-7-5-4-6-10(12)14-21-22-16(25-14)20-13(23)11-8-18-15(17)19-9(11)2/h4-8H,3H2,1-2H3,(H2,17,18,19)(H,20,22,23). The zero-order valence-corrected chi connectivity index (χ0v) is 14.5. The van der Waals surface area contributed by atoms with E-state index in [1.54, 1.807) is 6.92 Å². The van der Waals surface area contributed by atoms with E-state index >= 15 is 0 Å². The van der Waals surface area contributed by atoms with Crippen LogP contribution in [0.5, 0.6) is 5.75 Å². The van der Waals surface area contributed by atoms with Gasteiger partial charge in [-0.15, -0.1) is 10.2 Å². The lowest BCUT2D eigenvalue weighted by molar-refractivity contribution is 0.102. The maximum Gasteiger partial charge on any atom is 0.260 e. The lowest BCUT2D eigenvalue weighted by Crippen LogP contribution is -2.15. The van der Waals surface area contributed by atoms with Crippen molar-refractivity contribution in [2.75, 3.05) is 17.7 Å². The second-order valence-electron chi connectivity index (χ2n) is 5.02. The average Bonchev–Trinajstić information content (AvgIpc) is 3.03. The quantitative estimate of drug-likeness (QED) is 0.721. The minimum absolute atomic E-state index is 0.125. The van der Waals surface area contributed by atoms with Gasteiger partial charge in [0.2, 0.25) is 11.1 Å². The zero-order chi connectivity index (χ0) is 17.8. The number of carbonyl (C=O) groups is 1. The molecule has 128 valence electrons. The Morgan fingerprint density at radius 1 is 1.32 bits per heavy atom. The van der Waals surface area contributed by atoms with Crippen LogP contribution in [0.4, 0.5) is 11.1 Å². The molecule has 0 aliphatic heterocycles. The number of nitrogens with zero attached hydrogens (tertiary/aromatic N) is 4. The number of ether oxygens (including phenoxy) is 1. The number of hydrogen-bond donors (Lipinski definition) is 2. The van der Waals surface area contributed by atoms with Crippen LogP contribution in [0.1, 0.15) is 23.0 Å². The normalized spacial score (nSPS) is 10.5. The average molecular weight is 356 g/mol. The summed E-state index contributed by atoms with van der Waals surface area (Å²) in [4.78, 5) is 20.2. The van der Waals surface area contributed by atoms with Gasteiger partial charge >= 0.3 is 0 Å². The first-order valence-corrected chi connectivity index (χ1v) is 8.36. The monoisotopic (exact) mass is 356 g/mol. The highest BCUT2D eigenvalue weighted by molar-refractivity contribution is 7.18. The van der Waals surface area contributed by atoms with Crippen molar-refractivity contribution in [1.29, 1.82) is 0 Å². The molecule has 0 spiro atoms. The zero-order valence-electron chi connectivity index (χ0n) is 13.7. The molecule has 0 saturated heterocycles. The molecule has 9 heteroatoms. The van der Waals surface area contributed by atoms with Gasteiger partial charge in [0.25, 0.3) is 5.91 Å². The van der Waals surface area contributed by atoms with Crippen molar-refractivity contribution < 1.29 is 9.53 Å². The van der Waals surface area contributed by atoms with E-state index in [1.165, 1.54) is 17.5 Å². The number of hydrogen-bond acceptors (Lipinski definition) is 8. The molecule has 1 aromatic carbocycles. The molecule has 0 aliphatic rings. The highest BCUT2D eigenvalue weighted by Gasteiger charge is 2.16. The first kappa shape index (κ1) is 16.8. The van der Waals surface area contributed by atoms with E-state index in [-0.39, 0.29) is 11.9 Å². The largest absolute Gasteiger partial charge is 0.493 e. The summed E-state index contributed by atoms with van der Waals surface area (Å²) in [6.07, 6.45) is 1.39. The van der Waals surface area contributed by atoms with Gasteiger partial charge in [-0.1, -0.05) is 23.5 Å². The highest BCUT2D eigenvalue weighted by Crippen LogP contribution is 2.33. The number of carbonyl (C=O) groups excluding carboxylic acids is 1. The second kappa shape index (κ2) is 7.22. The summed E-state index contributed by atoms with van der Waals surface area (Å²) in [7, 11) is 0. The summed E-state index contributed by atoms with van der Waals surface area (Å²) in [6.45, 7) is 4.16. The lowest BCUT2D eigenvalue weighted by Gasteiger charge is -2.06. The SMILES string of the molecule is CCOc1ccccc1-c1nnc(NC(=O)c2cnc(N)nc2C)s1. The number of aryl methyl sites for hydroxylation is 1. The Balaban J connectivity index is 1.81. The van der Waals surface area contributed by atoms with E-state index in [0.29, 0.717) is 28.0 Å². The molecule has 0 unspecified atom stereocenters. The molecule has 1 amide bonds. The molecule has 3 N–H and O–H groups in total. The van der Waals surface area contributed by atoms with Gasteiger partial charge in [0, 0.05) is 6.20 Å². The maximum atomic E-state index is 12.3. The number of aromatic nitrogens is 4. The third-order valence-corrected chi connectivity index (χ3v) is 4.18. The van der Waals surface area contributed by atoms with Crippen molar-refractivity contribution in [3.05, 3.63) is 41.7 Å². The Kier molecular flexibility index (Phi) is 4.85. The summed E-state index contributed by atoms with van der Waals surface area (Å²) < 4.78 is 5.60. The minimum Gasteiger partial charge on any atom is -0.493 e. The van der Waals surface area contributed by atoms with E-state index < -0.39 is 0 Å². The number of nitrogen functional groups attached to an aromatic ring is 1. The van der Waals surface area contributed by atoms with Gasteiger partial charge in [-0.2, -0.15) is 0 Å². The molecule has 3 rings (SSSR count). The number of rotatable bonds is 5. The number of anilines is 2. The summed E-state index contributed by atoms with van der Waals surface area (Å²) in [5.41, 5.74) is 7.16. The van der Waals surface area contributed by atoms with Crippen LogP contribution in [0.15, 0.2) is 30.5 Å². The van der Waals surface area contributed by atoms with E-state index in [0.717, 1.165) is 11.3 Å². The number of amides is 1. The van der Waals surface area contributed by atoms with Gasteiger partial charge < -0.3 is 10.5 Å². The number of para-hydroxylation sites is 1. The maximum absolute atomic E-state index is 12.3. The van der Waals surface area contributed by atoms with Gasteiger partial charge in [0.15, 0.2) is 5.01 Å². The van der Waals surface area contributed by atoms with E-state index in [1.807, 2.05) is 31.2 Å². The fourth-order valence-electron chi connectivity index (χ4n) is 2.18. The highest BCUT2D eigenvalue weighted by atomic mass is 32.1. The summed E-state index contributed by atoms with van der Waals surface area (Å²) in [6, 6.07) is 7.55. The van der Waals surface area contributed by atoms with Gasteiger partial charge in [-0.05, 0) is 26.0 Å². The molecular weight excluding hydrogens is 340 g/mol. The van der Waals surface area contributed by atoms with Crippen LogP contribution in [0.3, 0.4) is 0 Å². The van der Waals surface area contributed by atoms with Gasteiger partial charge in [-0.3, -0.25) is 10.1 Å². The Morgan fingerprint density at radius 2 is 2.12 bits per heavy atom. The molecule has 0 bridgehead atoms. The number of benzene rings is 1. The van der Waals surface area contributed by atoms with Gasteiger partial charge in [-0.25, -0.2) is 9.97 Å². The Morgan fingerprint density at radius 3 is 2.88 bits per heavy atom. The first-order chi connectivity index (χ1) is 12.1. The van der Waals surface area contributed by atoms with E-state index in [4.69, 9.17) is 10.5 Å². The van der Waals surface area contributed by atoms with Crippen LogP contribution in [0.2, 0.25) is 0 Å². The van der Waals surface area contributed by atoms with Gasteiger partial charge in [0.05, 0.1) is 23.4 Å². The van der Waals surface area contributed by atoms with Crippen LogP contribution >= 0.6 is 11.3 Å². The summed E-state index contributed by atoms with van der Waals surface area (Å²) in [5.74, 6) is 0.486. The molecule has 0 radical (unpaired) electrons. The number of nitrogens with one attached hydrogen (secondary N) is 1. The molecular formula is C16H16N6O2S. The fraction of sp³-hybridized carbons (Fsp3) is 0.188. The molecule has 3 aromatic rings. The topological polar surface area (TPSA) is 116 Å². The molecule has 2 aromatic heterocycles. The van der Waals surface area contributed by atoms with Gasteiger partial charge in [0.1, 0.15) is 5.75 Å².